The summed E-state index contributed by atoms with van der Waals surface area (Å²) in [6.45, 7) is 2.58. The van der Waals surface area contributed by atoms with Crippen molar-refractivity contribution in [3.8, 4) is 0 Å². The van der Waals surface area contributed by atoms with Gasteiger partial charge < -0.3 is 9.47 Å². The van der Waals surface area contributed by atoms with Crippen LogP contribution in [-0.4, -0.2) is 28.9 Å². The molecule has 1 aliphatic rings. The third-order valence-corrected chi connectivity index (χ3v) is 2.53. The monoisotopic (exact) mass is 244 g/mol. The minimum absolute atomic E-state index is 0.0664. The summed E-state index contributed by atoms with van der Waals surface area (Å²) in [4.78, 5) is 24.3. The van der Waals surface area contributed by atoms with E-state index in [0.717, 1.165) is 10.8 Å². The molecule has 0 aliphatic carbocycles. The topological polar surface area (TPSA) is 73.3 Å². The van der Waals surface area contributed by atoms with E-state index in [1.807, 2.05) is 11.9 Å². The fraction of sp³-hybridized carbons (Fsp3) is 0.600. The quantitative estimate of drug-likeness (QED) is 0.754. The summed E-state index contributed by atoms with van der Waals surface area (Å²) in [7, 11) is 0. The first-order chi connectivity index (χ1) is 8.08. The molecule has 1 fully saturated rings. The van der Waals surface area contributed by atoms with E-state index in [-0.39, 0.29) is 6.10 Å². The average molecular weight is 244 g/mol. The highest BCUT2D eigenvalue weighted by Gasteiger charge is 2.20. The lowest BCUT2D eigenvalue weighted by Gasteiger charge is -2.16. The average Bonchev–Trinajstić information content (AvgIpc) is 2.49. The van der Waals surface area contributed by atoms with Crippen molar-refractivity contribution in [2.45, 2.75) is 25.7 Å². The van der Waals surface area contributed by atoms with Crippen LogP contribution in [0, 0.1) is 5.82 Å². The van der Waals surface area contributed by atoms with Crippen molar-refractivity contribution in [1.82, 2.24) is 9.55 Å². The standard InChI is InChI=1S/C10H13FN2O4/c1-6-5-17-8(2-3-16-6)13-4-7(11)9(14)12-10(13)15/h4,6,8H,2-3,5H2,1H3,(H,12,14,15). The molecule has 0 amide bonds. The number of nitrogens with one attached hydrogen (secondary N) is 1. The van der Waals surface area contributed by atoms with Crippen molar-refractivity contribution in [2.75, 3.05) is 13.2 Å². The highest BCUT2D eigenvalue weighted by Crippen LogP contribution is 2.16. The molecular weight excluding hydrogens is 231 g/mol. The Kier molecular flexibility index (Phi) is 3.39. The first-order valence-electron chi connectivity index (χ1n) is 5.32. The Hall–Kier alpha value is -1.47. The molecular formula is C10H13FN2O4. The second kappa shape index (κ2) is 4.80. The number of halogens is 1. The van der Waals surface area contributed by atoms with Crippen LogP contribution in [0.1, 0.15) is 19.6 Å². The molecule has 0 radical (unpaired) electrons. The van der Waals surface area contributed by atoms with Gasteiger partial charge in [0, 0.05) is 6.42 Å². The van der Waals surface area contributed by atoms with Crippen LogP contribution in [-0.2, 0) is 9.47 Å². The van der Waals surface area contributed by atoms with Gasteiger partial charge in [0.05, 0.1) is 25.5 Å². The second-order valence-corrected chi connectivity index (χ2v) is 3.90. The molecule has 0 saturated carbocycles. The molecule has 0 spiro atoms. The summed E-state index contributed by atoms with van der Waals surface area (Å²) in [6, 6.07) is 0. The Labute approximate surface area is 96.0 Å². The van der Waals surface area contributed by atoms with Gasteiger partial charge in [-0.15, -0.1) is 0 Å². The minimum Gasteiger partial charge on any atom is -0.376 e. The maximum absolute atomic E-state index is 13.1. The van der Waals surface area contributed by atoms with Gasteiger partial charge in [-0.1, -0.05) is 0 Å². The van der Waals surface area contributed by atoms with Gasteiger partial charge >= 0.3 is 5.69 Å². The Balaban J connectivity index is 2.30. The smallest absolute Gasteiger partial charge is 0.330 e. The van der Waals surface area contributed by atoms with Gasteiger partial charge in [0.2, 0.25) is 5.82 Å². The summed E-state index contributed by atoms with van der Waals surface area (Å²) < 4.78 is 24.9. The van der Waals surface area contributed by atoms with Gasteiger partial charge in [-0.05, 0) is 6.92 Å². The van der Waals surface area contributed by atoms with Gasteiger partial charge in [-0.3, -0.25) is 14.3 Å². The van der Waals surface area contributed by atoms with E-state index in [1.54, 1.807) is 0 Å². The van der Waals surface area contributed by atoms with Crippen molar-refractivity contribution in [2.24, 2.45) is 0 Å². The predicted molar refractivity (Wildman–Crippen MR) is 56.3 cm³/mol. The summed E-state index contributed by atoms with van der Waals surface area (Å²) in [5.41, 5.74) is -1.71. The van der Waals surface area contributed by atoms with E-state index in [2.05, 4.69) is 0 Å². The molecule has 2 atom stereocenters. The fourth-order valence-corrected chi connectivity index (χ4v) is 1.64. The van der Waals surface area contributed by atoms with E-state index >= 15 is 0 Å². The van der Waals surface area contributed by atoms with E-state index < -0.39 is 23.3 Å². The lowest BCUT2D eigenvalue weighted by molar-refractivity contribution is -0.0158. The summed E-state index contributed by atoms with van der Waals surface area (Å²) in [6.07, 6.45) is 0.611. The van der Waals surface area contributed by atoms with E-state index in [4.69, 9.17) is 9.47 Å². The van der Waals surface area contributed by atoms with Crippen LogP contribution < -0.4 is 11.2 Å². The Morgan fingerprint density at radius 1 is 1.47 bits per heavy atom. The first kappa shape index (κ1) is 12.0. The van der Waals surface area contributed by atoms with Crippen LogP contribution in [0.15, 0.2) is 15.8 Å². The van der Waals surface area contributed by atoms with Crippen molar-refractivity contribution in [3.63, 3.8) is 0 Å². The largest absolute Gasteiger partial charge is 0.376 e. The number of aromatic amines is 1. The first-order valence-corrected chi connectivity index (χ1v) is 5.32. The lowest BCUT2D eigenvalue weighted by atomic mass is 10.4. The Bertz CT molecular complexity index is 510. The van der Waals surface area contributed by atoms with Crippen LogP contribution in [0.25, 0.3) is 0 Å². The number of H-pyrrole nitrogens is 1. The van der Waals surface area contributed by atoms with Gasteiger partial charge in [0.15, 0.2) is 0 Å². The molecule has 1 N–H and O–H groups in total. The molecule has 2 unspecified atom stereocenters. The van der Waals surface area contributed by atoms with Gasteiger partial charge in [0.1, 0.15) is 6.23 Å². The van der Waals surface area contributed by atoms with Crippen molar-refractivity contribution in [1.29, 1.82) is 0 Å². The minimum atomic E-state index is -1.02. The Morgan fingerprint density at radius 2 is 2.24 bits per heavy atom. The molecule has 1 aliphatic heterocycles. The summed E-state index contributed by atoms with van der Waals surface area (Å²) in [5.74, 6) is -1.01. The summed E-state index contributed by atoms with van der Waals surface area (Å²) >= 11 is 0. The van der Waals surface area contributed by atoms with Crippen molar-refractivity contribution < 1.29 is 13.9 Å². The van der Waals surface area contributed by atoms with Crippen LogP contribution in [0.4, 0.5) is 4.39 Å². The fourth-order valence-electron chi connectivity index (χ4n) is 1.64. The van der Waals surface area contributed by atoms with E-state index in [1.165, 1.54) is 0 Å². The van der Waals surface area contributed by atoms with Crippen LogP contribution in [0.5, 0.6) is 0 Å². The maximum atomic E-state index is 13.1. The second-order valence-electron chi connectivity index (χ2n) is 3.90. The third kappa shape index (κ3) is 2.62. The van der Waals surface area contributed by atoms with Gasteiger partial charge in [0.25, 0.3) is 5.56 Å². The highest BCUT2D eigenvalue weighted by molar-refractivity contribution is 4.88. The molecule has 0 aromatic carbocycles. The molecule has 1 aromatic heterocycles. The number of hydrogen-bond donors (Lipinski definition) is 1. The maximum Gasteiger partial charge on any atom is 0.330 e. The molecule has 1 aromatic rings. The molecule has 17 heavy (non-hydrogen) atoms. The third-order valence-electron chi connectivity index (χ3n) is 2.53. The van der Waals surface area contributed by atoms with Gasteiger partial charge in [-0.2, -0.15) is 4.39 Å². The zero-order chi connectivity index (χ0) is 12.4. The number of nitrogens with zero attached hydrogens (tertiary/aromatic N) is 1. The molecule has 7 heteroatoms. The number of hydrogen-bond acceptors (Lipinski definition) is 4. The zero-order valence-corrected chi connectivity index (χ0v) is 9.31. The van der Waals surface area contributed by atoms with Crippen molar-refractivity contribution in [3.05, 3.63) is 32.9 Å². The zero-order valence-electron chi connectivity index (χ0n) is 9.31. The molecule has 2 heterocycles. The SMILES string of the molecule is CC1COC(n2cc(F)c(=O)[nH]c2=O)CCO1. The Morgan fingerprint density at radius 3 is 3.00 bits per heavy atom. The normalized spacial score (nSPS) is 25.5. The molecule has 94 valence electrons. The number of aromatic nitrogens is 2. The molecule has 1 saturated heterocycles. The highest BCUT2D eigenvalue weighted by atomic mass is 19.1. The van der Waals surface area contributed by atoms with E-state index in [9.17, 15) is 14.0 Å². The predicted octanol–water partition coefficient (Wildman–Crippen LogP) is -0.000300. The van der Waals surface area contributed by atoms with Crippen molar-refractivity contribution >= 4 is 0 Å². The summed E-state index contributed by atoms with van der Waals surface area (Å²) in [5, 5.41) is 0. The molecule has 0 bridgehead atoms. The lowest BCUT2D eigenvalue weighted by Crippen LogP contribution is -2.34. The van der Waals surface area contributed by atoms with Gasteiger partial charge in [-0.25, -0.2) is 4.79 Å². The van der Waals surface area contributed by atoms with E-state index in [0.29, 0.717) is 19.6 Å². The number of ether oxygens (including phenoxy) is 2. The number of rotatable bonds is 1. The van der Waals surface area contributed by atoms with Crippen LogP contribution in [0.2, 0.25) is 0 Å². The molecule has 6 nitrogen and oxygen atoms in total. The van der Waals surface area contributed by atoms with Crippen LogP contribution in [0.3, 0.4) is 0 Å². The molecule has 2 rings (SSSR count). The van der Waals surface area contributed by atoms with Crippen LogP contribution >= 0.6 is 0 Å².